The summed E-state index contributed by atoms with van der Waals surface area (Å²) in [4.78, 5) is 0. The van der Waals surface area contributed by atoms with Crippen LogP contribution < -0.4 is 0 Å². The van der Waals surface area contributed by atoms with Gasteiger partial charge in [0, 0.05) is 0 Å². The molecule has 1 rings (SSSR count). The van der Waals surface area contributed by atoms with Gasteiger partial charge in [-0.2, -0.15) is 0 Å². The summed E-state index contributed by atoms with van der Waals surface area (Å²) in [5, 5.41) is 0. The summed E-state index contributed by atoms with van der Waals surface area (Å²) in [6, 6.07) is 10.0. The van der Waals surface area contributed by atoms with Crippen molar-refractivity contribution in [2.24, 2.45) is 0 Å². The molecule has 0 saturated heterocycles. The average molecular weight is 212 g/mol. The van der Waals surface area contributed by atoms with Gasteiger partial charge in [0.2, 0.25) is 0 Å². The SMILES string of the molecule is C=C(C)C(=C)C.C=CC(=C)c1ccccc1. The Balaban J connectivity index is 0.000000325. The van der Waals surface area contributed by atoms with Gasteiger partial charge in [0.15, 0.2) is 0 Å². The van der Waals surface area contributed by atoms with E-state index in [0.29, 0.717) is 0 Å². The third kappa shape index (κ3) is 5.82. The van der Waals surface area contributed by atoms with Gasteiger partial charge in [-0.25, -0.2) is 0 Å². The quantitative estimate of drug-likeness (QED) is 0.617. The summed E-state index contributed by atoms with van der Waals surface area (Å²) in [5.41, 5.74) is 4.24. The first-order chi connectivity index (χ1) is 7.49. The summed E-state index contributed by atoms with van der Waals surface area (Å²) < 4.78 is 0. The molecule has 0 aliphatic heterocycles. The maximum atomic E-state index is 3.83. The first kappa shape index (κ1) is 14.2. The molecular formula is C16H20. The van der Waals surface area contributed by atoms with Crippen molar-refractivity contribution in [3.8, 4) is 0 Å². The zero-order valence-corrected chi connectivity index (χ0v) is 10.3. The summed E-state index contributed by atoms with van der Waals surface area (Å²) in [5.74, 6) is 0. The smallest absolute Gasteiger partial charge is 0.0190 e. The van der Waals surface area contributed by atoms with Crippen molar-refractivity contribution < 1.29 is 0 Å². The van der Waals surface area contributed by atoms with E-state index < -0.39 is 0 Å². The lowest BCUT2D eigenvalue weighted by Crippen LogP contribution is -1.74. The van der Waals surface area contributed by atoms with Crippen molar-refractivity contribution in [2.75, 3.05) is 0 Å². The van der Waals surface area contributed by atoms with Crippen LogP contribution in [0.5, 0.6) is 0 Å². The van der Waals surface area contributed by atoms with Crippen molar-refractivity contribution >= 4 is 5.57 Å². The molecule has 1 aromatic carbocycles. The minimum atomic E-state index is 0.973. The van der Waals surface area contributed by atoms with Crippen LogP contribution in [0.25, 0.3) is 5.57 Å². The fourth-order valence-electron chi connectivity index (χ4n) is 0.770. The highest BCUT2D eigenvalue weighted by atomic mass is 13.9. The predicted molar refractivity (Wildman–Crippen MR) is 75.3 cm³/mol. The van der Waals surface area contributed by atoms with E-state index in [1.807, 2.05) is 44.2 Å². The lowest BCUT2D eigenvalue weighted by molar-refractivity contribution is 1.39. The van der Waals surface area contributed by atoms with Gasteiger partial charge in [-0.1, -0.05) is 73.9 Å². The highest BCUT2D eigenvalue weighted by Crippen LogP contribution is 2.10. The molecule has 0 fully saturated rings. The minimum Gasteiger partial charge on any atom is -0.0985 e. The Morgan fingerprint density at radius 2 is 1.38 bits per heavy atom. The lowest BCUT2D eigenvalue weighted by atomic mass is 10.1. The highest BCUT2D eigenvalue weighted by Gasteiger charge is 1.88. The second kappa shape index (κ2) is 7.47. The number of hydrogen-bond acceptors (Lipinski definition) is 0. The number of benzene rings is 1. The first-order valence-electron chi connectivity index (χ1n) is 5.17. The van der Waals surface area contributed by atoms with E-state index in [1.165, 1.54) is 0 Å². The van der Waals surface area contributed by atoms with E-state index in [1.54, 1.807) is 6.08 Å². The van der Waals surface area contributed by atoms with E-state index in [9.17, 15) is 0 Å². The maximum absolute atomic E-state index is 3.83. The average Bonchev–Trinajstić information content (AvgIpc) is 2.30. The van der Waals surface area contributed by atoms with Gasteiger partial charge in [-0.3, -0.25) is 0 Å². The molecule has 0 aliphatic rings. The first-order valence-corrected chi connectivity index (χ1v) is 5.17. The van der Waals surface area contributed by atoms with Crippen LogP contribution in [-0.2, 0) is 0 Å². The Bertz CT molecular complexity index is 368. The maximum Gasteiger partial charge on any atom is -0.0190 e. The largest absolute Gasteiger partial charge is 0.0985 e. The van der Waals surface area contributed by atoms with Crippen LogP contribution in [0.3, 0.4) is 0 Å². The Morgan fingerprint density at radius 1 is 0.938 bits per heavy atom. The van der Waals surface area contributed by atoms with E-state index in [-0.39, 0.29) is 0 Å². The molecule has 0 radical (unpaired) electrons. The highest BCUT2D eigenvalue weighted by molar-refractivity contribution is 5.71. The van der Waals surface area contributed by atoms with Crippen LogP contribution in [0, 0.1) is 0 Å². The normalized spacial score (nSPS) is 8.38. The topological polar surface area (TPSA) is 0 Å². The molecule has 1 aromatic rings. The second-order valence-electron chi connectivity index (χ2n) is 3.66. The molecule has 0 heteroatoms. The minimum absolute atomic E-state index is 0.973. The third-order valence-corrected chi connectivity index (χ3v) is 2.12. The second-order valence-corrected chi connectivity index (χ2v) is 3.66. The third-order valence-electron chi connectivity index (χ3n) is 2.12. The van der Waals surface area contributed by atoms with Crippen molar-refractivity contribution in [3.05, 3.63) is 79.4 Å². The monoisotopic (exact) mass is 212 g/mol. The summed E-state index contributed by atoms with van der Waals surface area (Å²) in [6.45, 7) is 18.7. The molecule has 0 spiro atoms. The molecule has 0 aromatic heterocycles. The van der Waals surface area contributed by atoms with Crippen molar-refractivity contribution in [3.63, 3.8) is 0 Å². The molecule has 0 saturated carbocycles. The zero-order chi connectivity index (χ0) is 12.6. The van der Waals surface area contributed by atoms with Crippen LogP contribution in [0.4, 0.5) is 0 Å². The van der Waals surface area contributed by atoms with E-state index in [0.717, 1.165) is 22.3 Å². The Labute approximate surface area is 99.3 Å². The molecule has 0 atom stereocenters. The fraction of sp³-hybridized carbons (Fsp3) is 0.125. The van der Waals surface area contributed by atoms with Crippen LogP contribution in [0.15, 0.2) is 73.9 Å². The summed E-state index contributed by atoms with van der Waals surface area (Å²) in [6.07, 6.45) is 1.76. The summed E-state index contributed by atoms with van der Waals surface area (Å²) >= 11 is 0. The Morgan fingerprint density at radius 3 is 1.69 bits per heavy atom. The standard InChI is InChI=1S/C10H10.C6H10/c1-3-9(2)10-7-5-4-6-8-10;1-5(2)6(3)4/h3-8H,1-2H2;1,3H2,2,4H3. The molecule has 0 unspecified atom stereocenters. The van der Waals surface area contributed by atoms with Crippen LogP contribution in [-0.4, -0.2) is 0 Å². The predicted octanol–water partition coefficient (Wildman–Crippen LogP) is 5.02. The summed E-state index contributed by atoms with van der Waals surface area (Å²) in [7, 11) is 0. The zero-order valence-electron chi connectivity index (χ0n) is 10.3. The van der Waals surface area contributed by atoms with E-state index in [2.05, 4.69) is 26.3 Å². The molecule has 16 heavy (non-hydrogen) atoms. The van der Waals surface area contributed by atoms with Crippen molar-refractivity contribution in [1.29, 1.82) is 0 Å². The molecular weight excluding hydrogens is 192 g/mol. The van der Waals surface area contributed by atoms with E-state index in [4.69, 9.17) is 0 Å². The Hall–Kier alpha value is -1.82. The molecule has 0 heterocycles. The molecule has 0 bridgehead atoms. The molecule has 0 amide bonds. The van der Waals surface area contributed by atoms with Gasteiger partial charge >= 0.3 is 0 Å². The molecule has 0 nitrogen and oxygen atoms in total. The van der Waals surface area contributed by atoms with Gasteiger partial charge in [-0.05, 0) is 25.0 Å². The van der Waals surface area contributed by atoms with Crippen molar-refractivity contribution in [1.82, 2.24) is 0 Å². The van der Waals surface area contributed by atoms with E-state index >= 15 is 0 Å². The molecule has 0 N–H and O–H groups in total. The number of allylic oxidation sites excluding steroid dienone is 4. The molecule has 84 valence electrons. The Kier molecular flexibility index (Phi) is 6.62. The van der Waals surface area contributed by atoms with Gasteiger partial charge in [0.1, 0.15) is 0 Å². The number of rotatable bonds is 3. The fourth-order valence-corrected chi connectivity index (χ4v) is 0.770. The molecule has 0 aliphatic carbocycles. The van der Waals surface area contributed by atoms with Gasteiger partial charge in [-0.15, -0.1) is 0 Å². The van der Waals surface area contributed by atoms with Crippen LogP contribution in [0.1, 0.15) is 19.4 Å². The number of hydrogen-bond donors (Lipinski definition) is 0. The van der Waals surface area contributed by atoms with Crippen LogP contribution in [0.2, 0.25) is 0 Å². The van der Waals surface area contributed by atoms with Crippen molar-refractivity contribution in [2.45, 2.75) is 13.8 Å². The van der Waals surface area contributed by atoms with Gasteiger partial charge < -0.3 is 0 Å². The lowest BCUT2D eigenvalue weighted by Gasteiger charge is -1.96. The van der Waals surface area contributed by atoms with Gasteiger partial charge in [0.05, 0.1) is 0 Å². The van der Waals surface area contributed by atoms with Gasteiger partial charge in [0.25, 0.3) is 0 Å². The van der Waals surface area contributed by atoms with Crippen LogP contribution >= 0.6 is 0 Å².